The molecule has 0 spiro atoms. The van der Waals surface area contributed by atoms with Crippen molar-refractivity contribution in [3.05, 3.63) is 42.0 Å². The van der Waals surface area contributed by atoms with E-state index in [1.165, 1.54) is 0 Å². The van der Waals surface area contributed by atoms with Crippen LogP contribution >= 0.6 is 12.6 Å². The number of hydrogen-bond acceptors (Lipinski definition) is 3. The highest BCUT2D eigenvalue weighted by Crippen LogP contribution is 2.12. The quantitative estimate of drug-likeness (QED) is 0.605. The molecule has 1 rings (SSSR count). The maximum atomic E-state index is 8.64. The van der Waals surface area contributed by atoms with Crippen molar-refractivity contribution < 1.29 is 4.74 Å². The Morgan fingerprint density at radius 1 is 1.43 bits per heavy atom. The molecular weight excluding hydrogens is 194 g/mol. The van der Waals surface area contributed by atoms with E-state index in [0.717, 1.165) is 0 Å². The van der Waals surface area contributed by atoms with Gasteiger partial charge in [-0.3, -0.25) is 0 Å². The summed E-state index contributed by atoms with van der Waals surface area (Å²) in [5, 5.41) is 8.64. The van der Waals surface area contributed by atoms with Gasteiger partial charge in [-0.25, -0.2) is 0 Å². The molecule has 0 atom stereocenters. The first-order valence-electron chi connectivity index (χ1n) is 4.25. The molecule has 0 aliphatic heterocycles. The Labute approximate surface area is 89.2 Å². The molecule has 0 saturated heterocycles. The van der Waals surface area contributed by atoms with Gasteiger partial charge in [-0.05, 0) is 18.2 Å². The molecule has 0 amide bonds. The maximum absolute atomic E-state index is 8.64. The van der Waals surface area contributed by atoms with Crippen LogP contribution in [0.1, 0.15) is 5.56 Å². The molecule has 1 aromatic carbocycles. The van der Waals surface area contributed by atoms with Crippen LogP contribution < -0.4 is 4.74 Å². The van der Waals surface area contributed by atoms with Gasteiger partial charge < -0.3 is 4.74 Å². The molecule has 0 aliphatic rings. The average Bonchev–Trinajstić information content (AvgIpc) is 2.25. The summed E-state index contributed by atoms with van der Waals surface area (Å²) in [5.41, 5.74) is 0.612. The van der Waals surface area contributed by atoms with Crippen molar-refractivity contribution in [2.45, 2.75) is 0 Å². The first-order chi connectivity index (χ1) is 6.86. The van der Waals surface area contributed by atoms with Crippen molar-refractivity contribution >= 4 is 12.6 Å². The molecule has 2 nitrogen and oxygen atoms in total. The Morgan fingerprint density at radius 3 is 3.00 bits per heavy atom. The van der Waals surface area contributed by atoms with Gasteiger partial charge in [-0.2, -0.15) is 17.9 Å². The summed E-state index contributed by atoms with van der Waals surface area (Å²) in [5.74, 6) is 1.43. The third kappa shape index (κ3) is 3.55. The summed E-state index contributed by atoms with van der Waals surface area (Å²) in [6.45, 7) is 0.509. The molecule has 0 bridgehead atoms. The zero-order chi connectivity index (χ0) is 10.2. The summed E-state index contributed by atoms with van der Waals surface area (Å²) < 4.78 is 5.38. The van der Waals surface area contributed by atoms with Crippen LogP contribution in [0.5, 0.6) is 5.75 Å². The van der Waals surface area contributed by atoms with Crippen LogP contribution in [0, 0.1) is 11.3 Å². The fourth-order valence-corrected chi connectivity index (χ4v) is 1.09. The number of hydrogen-bond donors (Lipinski definition) is 1. The first-order valence-corrected chi connectivity index (χ1v) is 4.89. The van der Waals surface area contributed by atoms with Crippen LogP contribution in [0.3, 0.4) is 0 Å². The lowest BCUT2D eigenvalue weighted by Gasteiger charge is -2.02. The Hall–Kier alpha value is -1.40. The predicted molar refractivity (Wildman–Crippen MR) is 59.6 cm³/mol. The van der Waals surface area contributed by atoms with E-state index >= 15 is 0 Å². The van der Waals surface area contributed by atoms with E-state index < -0.39 is 0 Å². The van der Waals surface area contributed by atoms with E-state index in [-0.39, 0.29) is 0 Å². The molecule has 0 N–H and O–H groups in total. The fourth-order valence-electron chi connectivity index (χ4n) is 0.942. The molecular formula is C11H11NOS. The SMILES string of the molecule is N#Cc1cccc(OCC=CCS)c1. The van der Waals surface area contributed by atoms with Gasteiger partial charge in [0.2, 0.25) is 0 Å². The van der Waals surface area contributed by atoms with E-state index in [9.17, 15) is 0 Å². The predicted octanol–water partition coefficient (Wildman–Crippen LogP) is 2.42. The molecule has 0 unspecified atom stereocenters. The fraction of sp³-hybridized carbons (Fsp3) is 0.182. The number of nitriles is 1. The zero-order valence-electron chi connectivity index (χ0n) is 7.68. The third-order valence-electron chi connectivity index (χ3n) is 1.58. The summed E-state index contributed by atoms with van der Waals surface area (Å²) in [6, 6.07) is 9.15. The van der Waals surface area contributed by atoms with Crippen molar-refractivity contribution in [2.24, 2.45) is 0 Å². The van der Waals surface area contributed by atoms with Crippen molar-refractivity contribution in [3.8, 4) is 11.8 Å². The van der Waals surface area contributed by atoms with E-state index in [0.29, 0.717) is 23.7 Å². The van der Waals surface area contributed by atoms with Gasteiger partial charge >= 0.3 is 0 Å². The smallest absolute Gasteiger partial charge is 0.121 e. The number of benzene rings is 1. The lowest BCUT2D eigenvalue weighted by molar-refractivity contribution is 0.362. The van der Waals surface area contributed by atoms with E-state index in [1.807, 2.05) is 18.2 Å². The van der Waals surface area contributed by atoms with Gasteiger partial charge in [0.15, 0.2) is 0 Å². The second-order valence-electron chi connectivity index (χ2n) is 2.60. The molecule has 0 saturated carbocycles. The Morgan fingerprint density at radius 2 is 2.29 bits per heavy atom. The average molecular weight is 205 g/mol. The number of ether oxygens (including phenoxy) is 1. The van der Waals surface area contributed by atoms with Crippen molar-refractivity contribution in [3.63, 3.8) is 0 Å². The standard InChI is InChI=1S/C11H11NOS/c12-9-10-4-3-5-11(8-10)13-6-1-2-7-14/h1-5,8,14H,6-7H2. The van der Waals surface area contributed by atoms with Crippen LogP contribution in [0.25, 0.3) is 0 Å². The molecule has 0 heterocycles. The minimum atomic E-state index is 0.509. The van der Waals surface area contributed by atoms with Crippen LogP contribution in [-0.2, 0) is 0 Å². The summed E-state index contributed by atoms with van der Waals surface area (Å²) in [6.07, 6.45) is 3.81. The summed E-state index contributed by atoms with van der Waals surface area (Å²) >= 11 is 4.03. The van der Waals surface area contributed by atoms with E-state index in [1.54, 1.807) is 18.2 Å². The Kier molecular flexibility index (Phi) is 4.66. The van der Waals surface area contributed by atoms with Crippen LogP contribution in [0.4, 0.5) is 0 Å². The first kappa shape index (κ1) is 10.7. The summed E-state index contributed by atoms with van der Waals surface area (Å²) in [7, 11) is 0. The van der Waals surface area contributed by atoms with Crippen LogP contribution in [0.15, 0.2) is 36.4 Å². The molecule has 0 aliphatic carbocycles. The lowest BCUT2D eigenvalue weighted by atomic mass is 10.2. The second-order valence-corrected chi connectivity index (χ2v) is 2.97. The molecule has 1 aromatic rings. The van der Waals surface area contributed by atoms with Gasteiger partial charge in [0, 0.05) is 5.75 Å². The summed E-state index contributed by atoms with van der Waals surface area (Å²) in [4.78, 5) is 0. The van der Waals surface area contributed by atoms with Crippen molar-refractivity contribution in [1.29, 1.82) is 5.26 Å². The van der Waals surface area contributed by atoms with Crippen LogP contribution in [-0.4, -0.2) is 12.4 Å². The monoisotopic (exact) mass is 205 g/mol. The highest BCUT2D eigenvalue weighted by atomic mass is 32.1. The minimum Gasteiger partial charge on any atom is -0.489 e. The number of nitrogens with zero attached hydrogens (tertiary/aromatic N) is 1. The highest BCUT2D eigenvalue weighted by Gasteiger charge is 1.93. The van der Waals surface area contributed by atoms with Gasteiger partial charge in [0.1, 0.15) is 12.4 Å². The van der Waals surface area contributed by atoms with E-state index in [2.05, 4.69) is 18.7 Å². The Bertz CT molecular complexity index is 355. The van der Waals surface area contributed by atoms with Gasteiger partial charge in [0.25, 0.3) is 0 Å². The molecule has 0 aromatic heterocycles. The van der Waals surface area contributed by atoms with Gasteiger partial charge in [-0.1, -0.05) is 18.2 Å². The van der Waals surface area contributed by atoms with Gasteiger partial charge in [0.05, 0.1) is 11.6 Å². The van der Waals surface area contributed by atoms with Crippen LogP contribution in [0.2, 0.25) is 0 Å². The van der Waals surface area contributed by atoms with Crippen molar-refractivity contribution in [1.82, 2.24) is 0 Å². The van der Waals surface area contributed by atoms with E-state index in [4.69, 9.17) is 10.00 Å². The third-order valence-corrected chi connectivity index (χ3v) is 1.79. The van der Waals surface area contributed by atoms with Crippen molar-refractivity contribution in [2.75, 3.05) is 12.4 Å². The Balaban J connectivity index is 2.51. The second kappa shape index (κ2) is 6.11. The largest absolute Gasteiger partial charge is 0.489 e. The normalized spacial score (nSPS) is 10.0. The molecule has 14 heavy (non-hydrogen) atoms. The highest BCUT2D eigenvalue weighted by molar-refractivity contribution is 7.80. The zero-order valence-corrected chi connectivity index (χ0v) is 8.58. The molecule has 0 fully saturated rings. The molecule has 72 valence electrons. The number of rotatable bonds is 4. The minimum absolute atomic E-state index is 0.509. The molecule has 0 radical (unpaired) electrons. The molecule has 3 heteroatoms. The lowest BCUT2D eigenvalue weighted by Crippen LogP contribution is -1.93. The van der Waals surface area contributed by atoms with Gasteiger partial charge in [-0.15, -0.1) is 0 Å². The number of thiol groups is 1. The maximum Gasteiger partial charge on any atom is 0.121 e. The topological polar surface area (TPSA) is 33.0 Å².